The SMILES string of the molecule is CC1=C(C(=O)OCc2ccncc2)C(C2=C(C)SC=CS2)C(C(=O)OCc2ccncc2)=C(C)N1. The highest BCUT2D eigenvalue weighted by molar-refractivity contribution is 8.12. The predicted molar refractivity (Wildman–Crippen MR) is 137 cm³/mol. The molecule has 7 nitrogen and oxygen atoms in total. The number of aromatic nitrogens is 2. The average Bonchev–Trinajstić information content (AvgIpc) is 2.87. The molecule has 4 heterocycles. The van der Waals surface area contributed by atoms with Crippen LogP contribution in [0.2, 0.25) is 0 Å². The van der Waals surface area contributed by atoms with E-state index in [4.69, 9.17) is 9.47 Å². The van der Waals surface area contributed by atoms with Crippen molar-refractivity contribution in [2.45, 2.75) is 34.0 Å². The molecular weight excluding hydrogens is 482 g/mol. The van der Waals surface area contributed by atoms with Crippen LogP contribution < -0.4 is 5.32 Å². The Kier molecular flexibility index (Phi) is 8.09. The first-order chi connectivity index (χ1) is 17.0. The van der Waals surface area contributed by atoms with E-state index in [0.717, 1.165) is 20.9 Å². The molecule has 0 unspecified atom stereocenters. The van der Waals surface area contributed by atoms with Crippen LogP contribution in [0.15, 0.2) is 92.2 Å². The molecule has 0 amide bonds. The predicted octanol–water partition coefficient (Wildman–Crippen LogP) is 5.21. The van der Waals surface area contributed by atoms with E-state index in [0.29, 0.717) is 22.5 Å². The number of carbonyl (C=O) groups is 2. The normalized spacial score (nSPS) is 16.3. The van der Waals surface area contributed by atoms with Gasteiger partial charge in [-0.05, 0) is 71.9 Å². The Hall–Kier alpha value is -3.30. The molecule has 0 fully saturated rings. The van der Waals surface area contributed by atoms with Gasteiger partial charge in [0.15, 0.2) is 0 Å². The third-order valence-electron chi connectivity index (χ3n) is 5.54. The van der Waals surface area contributed by atoms with Crippen molar-refractivity contribution in [3.05, 3.63) is 103 Å². The summed E-state index contributed by atoms with van der Waals surface area (Å²) < 4.78 is 11.4. The number of hydrogen-bond donors (Lipinski definition) is 1. The molecule has 0 saturated carbocycles. The minimum absolute atomic E-state index is 0.106. The van der Waals surface area contributed by atoms with Gasteiger partial charge in [-0.3, -0.25) is 9.97 Å². The number of nitrogens with one attached hydrogen (secondary N) is 1. The van der Waals surface area contributed by atoms with Crippen LogP contribution in [0.3, 0.4) is 0 Å². The van der Waals surface area contributed by atoms with Crippen molar-refractivity contribution in [3.8, 4) is 0 Å². The van der Waals surface area contributed by atoms with Crippen LogP contribution in [0, 0.1) is 5.92 Å². The summed E-state index contributed by atoms with van der Waals surface area (Å²) in [6.07, 6.45) is 6.60. The zero-order valence-electron chi connectivity index (χ0n) is 19.6. The van der Waals surface area contributed by atoms with Crippen molar-refractivity contribution in [1.29, 1.82) is 0 Å². The van der Waals surface area contributed by atoms with Gasteiger partial charge in [0, 0.05) is 41.1 Å². The maximum Gasteiger partial charge on any atom is 0.337 e. The second kappa shape index (κ2) is 11.4. The fourth-order valence-electron chi connectivity index (χ4n) is 3.85. The second-order valence-electron chi connectivity index (χ2n) is 7.93. The molecule has 4 rings (SSSR count). The van der Waals surface area contributed by atoms with Crippen molar-refractivity contribution in [1.82, 2.24) is 15.3 Å². The van der Waals surface area contributed by atoms with E-state index in [1.807, 2.05) is 31.6 Å². The number of thioether (sulfide) groups is 2. The second-order valence-corrected chi connectivity index (χ2v) is 9.99. The van der Waals surface area contributed by atoms with Crippen LogP contribution in [0.1, 0.15) is 31.9 Å². The quantitative estimate of drug-likeness (QED) is 0.507. The molecule has 0 bridgehead atoms. The molecule has 0 saturated heterocycles. The molecule has 0 spiro atoms. The highest BCUT2D eigenvalue weighted by atomic mass is 32.2. The fraction of sp³-hybridized carbons (Fsp3) is 0.231. The first kappa shape index (κ1) is 24.8. The van der Waals surface area contributed by atoms with Crippen molar-refractivity contribution in [2.75, 3.05) is 0 Å². The Morgan fingerprint density at radius 3 is 1.71 bits per heavy atom. The zero-order chi connectivity index (χ0) is 24.8. The number of ether oxygens (including phenoxy) is 2. The lowest BCUT2D eigenvalue weighted by atomic mass is 9.84. The Morgan fingerprint density at radius 1 is 0.800 bits per heavy atom. The molecule has 2 aliphatic heterocycles. The van der Waals surface area contributed by atoms with Crippen LogP contribution in [-0.4, -0.2) is 21.9 Å². The lowest BCUT2D eigenvalue weighted by Gasteiger charge is -2.32. The minimum atomic E-state index is -0.603. The van der Waals surface area contributed by atoms with E-state index >= 15 is 0 Å². The van der Waals surface area contributed by atoms with E-state index in [2.05, 4.69) is 15.3 Å². The maximum atomic E-state index is 13.4. The molecule has 9 heteroatoms. The van der Waals surface area contributed by atoms with Gasteiger partial charge >= 0.3 is 11.9 Å². The number of allylic oxidation sites excluding steroid dienone is 4. The molecule has 0 aliphatic carbocycles. The summed E-state index contributed by atoms with van der Waals surface area (Å²) in [6, 6.07) is 7.18. The molecule has 2 aliphatic rings. The molecule has 0 aromatic carbocycles. The standard InChI is InChI=1S/C26H25N3O4S2/c1-16-21(25(30)32-14-19-4-8-27-9-5-19)23(24-18(3)34-12-13-35-24)22(17(2)29-16)26(31)33-15-20-6-10-28-11-7-20/h4-13,23,29H,14-15H2,1-3H3. The summed E-state index contributed by atoms with van der Waals surface area (Å²) >= 11 is 3.07. The van der Waals surface area contributed by atoms with Crippen LogP contribution in [0.25, 0.3) is 0 Å². The topological polar surface area (TPSA) is 90.4 Å². The summed E-state index contributed by atoms with van der Waals surface area (Å²) in [5.41, 5.74) is 3.77. The lowest BCUT2D eigenvalue weighted by Crippen LogP contribution is -2.34. The number of hydrogen-bond acceptors (Lipinski definition) is 9. The van der Waals surface area contributed by atoms with E-state index < -0.39 is 17.9 Å². The summed E-state index contributed by atoms with van der Waals surface area (Å²) in [5, 5.41) is 7.15. The maximum absolute atomic E-state index is 13.4. The van der Waals surface area contributed by atoms with E-state index in [9.17, 15) is 9.59 Å². The number of esters is 2. The fourth-order valence-corrected chi connectivity index (χ4v) is 5.71. The van der Waals surface area contributed by atoms with Crippen molar-refractivity contribution in [2.24, 2.45) is 5.92 Å². The number of dihydropyridines is 1. The van der Waals surface area contributed by atoms with Gasteiger partial charge in [0.05, 0.1) is 17.1 Å². The lowest BCUT2D eigenvalue weighted by molar-refractivity contribution is -0.141. The van der Waals surface area contributed by atoms with Gasteiger partial charge < -0.3 is 14.8 Å². The Labute approximate surface area is 212 Å². The minimum Gasteiger partial charge on any atom is -0.457 e. The highest BCUT2D eigenvalue weighted by Gasteiger charge is 2.40. The molecule has 2 aromatic rings. The largest absolute Gasteiger partial charge is 0.457 e. The molecular formula is C26H25N3O4S2. The van der Waals surface area contributed by atoms with Gasteiger partial charge in [-0.2, -0.15) is 0 Å². The number of pyridine rings is 2. The smallest absolute Gasteiger partial charge is 0.337 e. The van der Waals surface area contributed by atoms with Gasteiger partial charge in [-0.25, -0.2) is 9.59 Å². The molecule has 180 valence electrons. The van der Waals surface area contributed by atoms with E-state index in [-0.39, 0.29) is 13.2 Å². The molecule has 0 atom stereocenters. The Morgan fingerprint density at radius 2 is 1.26 bits per heavy atom. The third-order valence-corrected chi connectivity index (χ3v) is 7.76. The van der Waals surface area contributed by atoms with Crippen LogP contribution in [0.4, 0.5) is 0 Å². The molecule has 1 N–H and O–H groups in total. The summed E-state index contributed by atoms with van der Waals surface area (Å²) in [4.78, 5) is 36.8. The summed E-state index contributed by atoms with van der Waals surface area (Å²) in [5.74, 6) is -1.57. The third kappa shape index (κ3) is 5.86. The van der Waals surface area contributed by atoms with Crippen molar-refractivity contribution in [3.63, 3.8) is 0 Å². The van der Waals surface area contributed by atoms with Crippen LogP contribution in [-0.2, 0) is 32.3 Å². The van der Waals surface area contributed by atoms with Crippen LogP contribution in [0.5, 0.6) is 0 Å². The monoisotopic (exact) mass is 507 g/mol. The number of nitrogens with zero attached hydrogens (tertiary/aromatic N) is 2. The van der Waals surface area contributed by atoms with Gasteiger partial charge in [-0.15, -0.1) is 23.5 Å². The zero-order valence-corrected chi connectivity index (χ0v) is 21.2. The van der Waals surface area contributed by atoms with Crippen molar-refractivity contribution < 1.29 is 19.1 Å². The molecule has 35 heavy (non-hydrogen) atoms. The van der Waals surface area contributed by atoms with E-state index in [1.165, 1.54) is 11.8 Å². The summed E-state index contributed by atoms with van der Waals surface area (Å²) in [6.45, 7) is 5.85. The first-order valence-corrected chi connectivity index (χ1v) is 12.7. The Balaban J connectivity index is 1.65. The van der Waals surface area contributed by atoms with Gasteiger partial charge in [-0.1, -0.05) is 0 Å². The molecule has 0 radical (unpaired) electrons. The van der Waals surface area contributed by atoms with E-state index in [1.54, 1.807) is 60.8 Å². The highest BCUT2D eigenvalue weighted by Crippen LogP contribution is 2.47. The summed E-state index contributed by atoms with van der Waals surface area (Å²) in [7, 11) is 0. The van der Waals surface area contributed by atoms with Crippen LogP contribution >= 0.6 is 23.5 Å². The Bertz CT molecular complexity index is 1160. The average molecular weight is 508 g/mol. The number of rotatable bonds is 7. The van der Waals surface area contributed by atoms with Gasteiger partial charge in [0.25, 0.3) is 0 Å². The molecule has 2 aromatic heterocycles. The first-order valence-electron chi connectivity index (χ1n) is 11.0. The van der Waals surface area contributed by atoms with Gasteiger partial charge in [0.2, 0.25) is 0 Å². The van der Waals surface area contributed by atoms with Crippen molar-refractivity contribution >= 4 is 35.5 Å². The number of carbonyl (C=O) groups excluding carboxylic acids is 2. The van der Waals surface area contributed by atoms with Gasteiger partial charge in [0.1, 0.15) is 13.2 Å².